The Morgan fingerprint density at radius 3 is 2.67 bits per heavy atom. The Bertz CT molecular complexity index is 849. The molecule has 2 aromatic rings. The molecule has 2 rings (SSSR count). The number of pyridine rings is 1. The van der Waals surface area contributed by atoms with E-state index < -0.39 is 15.8 Å². The quantitative estimate of drug-likeness (QED) is 0.579. The van der Waals surface area contributed by atoms with Crippen molar-refractivity contribution in [1.29, 1.82) is 0 Å². The molecule has 0 N–H and O–H groups in total. The van der Waals surface area contributed by atoms with Gasteiger partial charge in [0.2, 0.25) is 0 Å². The molecule has 0 aliphatic heterocycles. The molecule has 0 saturated carbocycles. The summed E-state index contributed by atoms with van der Waals surface area (Å²) in [4.78, 5) is 16.5. The van der Waals surface area contributed by atoms with Gasteiger partial charge in [-0.15, -0.1) is 0 Å². The van der Waals surface area contributed by atoms with Gasteiger partial charge < -0.3 is 4.74 Å². The molecule has 24 heavy (non-hydrogen) atoms. The predicted octanol–water partition coefficient (Wildman–Crippen LogP) is 3.24. The van der Waals surface area contributed by atoms with E-state index in [1.54, 1.807) is 0 Å². The van der Waals surface area contributed by atoms with Gasteiger partial charge in [0.05, 0.1) is 22.1 Å². The van der Waals surface area contributed by atoms with E-state index in [1.165, 1.54) is 18.2 Å². The second kappa shape index (κ2) is 7.77. The highest BCUT2D eigenvalue weighted by Gasteiger charge is 2.16. The summed E-state index contributed by atoms with van der Waals surface area (Å²) in [7, 11) is -3.42. The van der Waals surface area contributed by atoms with Crippen molar-refractivity contribution in [3.63, 3.8) is 0 Å². The van der Waals surface area contributed by atoms with Crippen LogP contribution in [-0.4, -0.2) is 32.2 Å². The first-order valence-electron chi connectivity index (χ1n) is 7.36. The van der Waals surface area contributed by atoms with Crippen molar-refractivity contribution in [3.8, 4) is 0 Å². The fourth-order valence-corrected chi connectivity index (χ4v) is 2.97. The van der Waals surface area contributed by atoms with E-state index in [0.717, 1.165) is 17.6 Å². The van der Waals surface area contributed by atoms with Crippen LogP contribution in [0.15, 0.2) is 41.3 Å². The lowest BCUT2D eigenvalue weighted by Gasteiger charge is -2.08. The number of hydrogen-bond donors (Lipinski definition) is 0. The molecule has 1 aromatic heterocycles. The maximum atomic E-state index is 12.1. The molecule has 0 saturated heterocycles. The van der Waals surface area contributed by atoms with Gasteiger partial charge >= 0.3 is 5.97 Å². The standard InChI is InChI=1S/C17H18ClNO4S/c1-12-5-3-6-13(19-12)7-4-10-23-17(20)15-11-14(24(2,21)22)8-9-16(15)18/h3,5-6,8-9,11H,4,7,10H2,1-2H3. The zero-order chi connectivity index (χ0) is 17.7. The van der Waals surface area contributed by atoms with Gasteiger partial charge in [-0.2, -0.15) is 0 Å². The second-order valence-electron chi connectivity index (χ2n) is 5.42. The number of aryl methyl sites for hydroxylation is 2. The number of carbonyl (C=O) groups is 1. The fraction of sp³-hybridized carbons (Fsp3) is 0.294. The first-order chi connectivity index (χ1) is 11.3. The lowest BCUT2D eigenvalue weighted by atomic mass is 10.2. The Morgan fingerprint density at radius 1 is 1.25 bits per heavy atom. The summed E-state index contributed by atoms with van der Waals surface area (Å²) in [6, 6.07) is 9.74. The highest BCUT2D eigenvalue weighted by Crippen LogP contribution is 2.21. The summed E-state index contributed by atoms with van der Waals surface area (Å²) in [5.41, 5.74) is 1.92. The van der Waals surface area contributed by atoms with Crippen LogP contribution in [0.3, 0.4) is 0 Å². The molecule has 5 nitrogen and oxygen atoms in total. The van der Waals surface area contributed by atoms with Crippen molar-refractivity contribution in [2.24, 2.45) is 0 Å². The zero-order valence-electron chi connectivity index (χ0n) is 13.5. The van der Waals surface area contributed by atoms with Crippen molar-refractivity contribution in [1.82, 2.24) is 4.98 Å². The normalized spacial score (nSPS) is 11.3. The molecule has 7 heteroatoms. The molecule has 1 aromatic carbocycles. The number of ether oxygens (including phenoxy) is 1. The lowest BCUT2D eigenvalue weighted by Crippen LogP contribution is -2.09. The van der Waals surface area contributed by atoms with Gasteiger partial charge in [0.25, 0.3) is 0 Å². The highest BCUT2D eigenvalue weighted by atomic mass is 35.5. The van der Waals surface area contributed by atoms with Crippen LogP contribution in [0.2, 0.25) is 5.02 Å². The van der Waals surface area contributed by atoms with Crippen LogP contribution in [0.4, 0.5) is 0 Å². The smallest absolute Gasteiger partial charge is 0.339 e. The summed E-state index contributed by atoms with van der Waals surface area (Å²) in [6.45, 7) is 2.12. The second-order valence-corrected chi connectivity index (χ2v) is 7.85. The van der Waals surface area contributed by atoms with E-state index >= 15 is 0 Å². The molecule has 1 heterocycles. The van der Waals surface area contributed by atoms with E-state index in [1.807, 2.05) is 25.1 Å². The van der Waals surface area contributed by atoms with Crippen molar-refractivity contribution < 1.29 is 17.9 Å². The molecular weight excluding hydrogens is 350 g/mol. The van der Waals surface area contributed by atoms with Crippen molar-refractivity contribution >= 4 is 27.4 Å². The van der Waals surface area contributed by atoms with Gasteiger partial charge in [0.1, 0.15) is 0 Å². The Kier molecular flexibility index (Phi) is 5.96. The van der Waals surface area contributed by atoms with E-state index in [4.69, 9.17) is 16.3 Å². The van der Waals surface area contributed by atoms with Crippen LogP contribution in [0.1, 0.15) is 28.2 Å². The van der Waals surface area contributed by atoms with Gasteiger partial charge in [0, 0.05) is 17.6 Å². The summed E-state index contributed by atoms with van der Waals surface area (Å²) >= 11 is 5.96. The number of aromatic nitrogens is 1. The summed E-state index contributed by atoms with van der Waals surface area (Å²) < 4.78 is 28.3. The van der Waals surface area contributed by atoms with Gasteiger partial charge in [-0.05, 0) is 50.1 Å². The minimum absolute atomic E-state index is 0.0304. The molecule has 0 radical (unpaired) electrons. The van der Waals surface area contributed by atoms with Gasteiger partial charge in [0.15, 0.2) is 9.84 Å². The molecule has 0 amide bonds. The molecule has 0 aliphatic rings. The number of carbonyl (C=O) groups excluding carboxylic acids is 1. The third-order valence-corrected chi connectivity index (χ3v) is 4.78. The first kappa shape index (κ1) is 18.4. The molecule has 0 spiro atoms. The number of hydrogen-bond acceptors (Lipinski definition) is 5. The highest BCUT2D eigenvalue weighted by molar-refractivity contribution is 7.90. The van der Waals surface area contributed by atoms with Gasteiger partial charge in [-0.3, -0.25) is 4.98 Å². The van der Waals surface area contributed by atoms with E-state index in [2.05, 4.69) is 4.98 Å². The molecule has 0 atom stereocenters. The topological polar surface area (TPSA) is 73.3 Å². The van der Waals surface area contributed by atoms with Crippen LogP contribution in [0.5, 0.6) is 0 Å². The summed E-state index contributed by atoms with van der Waals surface area (Å²) in [6.07, 6.45) is 2.37. The molecule has 0 unspecified atom stereocenters. The maximum absolute atomic E-state index is 12.1. The predicted molar refractivity (Wildman–Crippen MR) is 92.1 cm³/mol. The van der Waals surface area contributed by atoms with Gasteiger partial charge in [-0.1, -0.05) is 17.7 Å². The van der Waals surface area contributed by atoms with Crippen molar-refractivity contribution in [2.45, 2.75) is 24.7 Å². The third-order valence-electron chi connectivity index (χ3n) is 3.34. The van der Waals surface area contributed by atoms with Crippen molar-refractivity contribution in [2.75, 3.05) is 12.9 Å². The van der Waals surface area contributed by atoms with Gasteiger partial charge in [-0.25, -0.2) is 13.2 Å². The minimum Gasteiger partial charge on any atom is -0.462 e. The van der Waals surface area contributed by atoms with Crippen LogP contribution in [0.25, 0.3) is 0 Å². The lowest BCUT2D eigenvalue weighted by molar-refractivity contribution is 0.0500. The van der Waals surface area contributed by atoms with Crippen LogP contribution in [0, 0.1) is 6.92 Å². The largest absolute Gasteiger partial charge is 0.462 e. The number of rotatable bonds is 6. The number of esters is 1. The van der Waals surface area contributed by atoms with Crippen molar-refractivity contribution in [3.05, 3.63) is 58.4 Å². The number of nitrogens with zero attached hydrogens (tertiary/aromatic N) is 1. The summed E-state index contributed by atoms with van der Waals surface area (Å²) in [5, 5.41) is 0.160. The monoisotopic (exact) mass is 367 g/mol. The minimum atomic E-state index is -3.42. The SMILES string of the molecule is Cc1cccc(CCCOC(=O)c2cc(S(C)(=O)=O)ccc2Cl)n1. The molecule has 0 aliphatic carbocycles. The molecule has 128 valence electrons. The Hall–Kier alpha value is -1.92. The number of halogens is 1. The first-order valence-corrected chi connectivity index (χ1v) is 9.63. The number of benzene rings is 1. The molecular formula is C17H18ClNO4S. The van der Waals surface area contributed by atoms with E-state index in [-0.39, 0.29) is 22.1 Å². The average Bonchev–Trinajstić information content (AvgIpc) is 2.50. The molecule has 0 bridgehead atoms. The zero-order valence-corrected chi connectivity index (χ0v) is 15.0. The average molecular weight is 368 g/mol. The van der Waals surface area contributed by atoms with Crippen LogP contribution in [-0.2, 0) is 21.0 Å². The van der Waals surface area contributed by atoms with E-state index in [9.17, 15) is 13.2 Å². The van der Waals surface area contributed by atoms with Crippen LogP contribution < -0.4 is 0 Å². The van der Waals surface area contributed by atoms with Crippen LogP contribution >= 0.6 is 11.6 Å². The fourth-order valence-electron chi connectivity index (χ4n) is 2.13. The van der Waals surface area contributed by atoms with E-state index in [0.29, 0.717) is 12.8 Å². The maximum Gasteiger partial charge on any atom is 0.339 e. The molecule has 0 fully saturated rings. The summed E-state index contributed by atoms with van der Waals surface area (Å²) in [5.74, 6) is -0.636. The Balaban J connectivity index is 1.95. The Morgan fingerprint density at radius 2 is 2.00 bits per heavy atom. The third kappa shape index (κ3) is 5.04. The Labute approximate surface area is 146 Å². The number of sulfone groups is 1.